The molecule has 0 unspecified atom stereocenters. The predicted molar refractivity (Wildman–Crippen MR) is 95.9 cm³/mol. The van der Waals surface area contributed by atoms with Crippen molar-refractivity contribution < 1.29 is 9.53 Å². The molecule has 110 valence electrons. The summed E-state index contributed by atoms with van der Waals surface area (Å²) in [4.78, 5) is 23.9. The molecule has 0 aromatic heterocycles. The molecule has 3 nitrogen and oxygen atoms in total. The third kappa shape index (κ3) is 2.70. The van der Waals surface area contributed by atoms with Crippen LogP contribution in [0.2, 0.25) is 0 Å². The van der Waals surface area contributed by atoms with E-state index in [1.807, 2.05) is 48.5 Å². The lowest BCUT2D eigenvalue weighted by atomic mass is 10.1. The standard InChI is InChI=1S/C18H13IO3/c1-11(20)22-10-13-5-2-6-15-14(13)9-8-12-4-3-7-16(19)17(12)18(15)21/h2-9H,10H2,1H3. The van der Waals surface area contributed by atoms with E-state index in [1.54, 1.807) is 0 Å². The Kier molecular flexibility index (Phi) is 4.11. The highest BCUT2D eigenvalue weighted by Gasteiger charge is 2.08. The van der Waals surface area contributed by atoms with E-state index in [0.717, 1.165) is 25.3 Å². The fourth-order valence-corrected chi connectivity index (χ4v) is 3.30. The van der Waals surface area contributed by atoms with Gasteiger partial charge in [-0.3, -0.25) is 9.59 Å². The van der Waals surface area contributed by atoms with Gasteiger partial charge in [-0.15, -0.1) is 0 Å². The van der Waals surface area contributed by atoms with Gasteiger partial charge in [0, 0.05) is 21.3 Å². The van der Waals surface area contributed by atoms with Crippen molar-refractivity contribution in [3.63, 3.8) is 0 Å². The molecule has 0 atom stereocenters. The summed E-state index contributed by atoms with van der Waals surface area (Å²) in [5, 5.41) is 3.10. The number of esters is 1. The molecular formula is C18H13IO3. The number of carbonyl (C=O) groups excluding carboxylic acids is 1. The van der Waals surface area contributed by atoms with Gasteiger partial charge in [-0.1, -0.05) is 42.5 Å². The third-order valence-corrected chi connectivity index (χ3v) is 4.47. The highest BCUT2D eigenvalue weighted by molar-refractivity contribution is 14.1. The maximum Gasteiger partial charge on any atom is 0.302 e. The van der Waals surface area contributed by atoms with Crippen LogP contribution in [0.3, 0.4) is 0 Å². The molecule has 0 aliphatic rings. The van der Waals surface area contributed by atoms with Crippen LogP contribution in [0, 0.1) is 3.57 Å². The van der Waals surface area contributed by atoms with Gasteiger partial charge in [-0.25, -0.2) is 0 Å². The van der Waals surface area contributed by atoms with E-state index in [9.17, 15) is 9.59 Å². The molecule has 3 aromatic carbocycles. The second-order valence-corrected chi connectivity index (χ2v) is 6.19. The second-order valence-electron chi connectivity index (χ2n) is 5.03. The van der Waals surface area contributed by atoms with Crippen molar-refractivity contribution >= 4 is 50.1 Å². The number of carbonyl (C=O) groups is 1. The molecule has 0 bridgehead atoms. The molecule has 0 saturated heterocycles. The van der Waals surface area contributed by atoms with Gasteiger partial charge in [0.15, 0.2) is 5.43 Å². The summed E-state index contributed by atoms with van der Waals surface area (Å²) in [5.74, 6) is -0.334. The Balaban J connectivity index is 2.37. The van der Waals surface area contributed by atoms with Gasteiger partial charge < -0.3 is 4.74 Å². The lowest BCUT2D eigenvalue weighted by molar-refractivity contribution is -0.142. The van der Waals surface area contributed by atoms with Crippen molar-refractivity contribution in [1.29, 1.82) is 0 Å². The average molecular weight is 404 g/mol. The summed E-state index contributed by atoms with van der Waals surface area (Å²) in [6.07, 6.45) is 0. The number of rotatable bonds is 2. The topological polar surface area (TPSA) is 43.4 Å². The fraction of sp³-hybridized carbons (Fsp3) is 0.111. The first-order chi connectivity index (χ1) is 10.6. The minimum absolute atomic E-state index is 0.00433. The van der Waals surface area contributed by atoms with E-state index in [0.29, 0.717) is 5.39 Å². The van der Waals surface area contributed by atoms with E-state index >= 15 is 0 Å². The second kappa shape index (κ2) is 6.04. The third-order valence-electron chi connectivity index (χ3n) is 3.57. The molecule has 0 aliphatic heterocycles. The molecule has 4 heteroatoms. The summed E-state index contributed by atoms with van der Waals surface area (Å²) >= 11 is 2.18. The number of fused-ring (bicyclic) bond motifs is 2. The van der Waals surface area contributed by atoms with Crippen LogP contribution in [0.25, 0.3) is 21.5 Å². The first kappa shape index (κ1) is 15.0. The first-order valence-corrected chi connectivity index (χ1v) is 7.92. The first-order valence-electron chi connectivity index (χ1n) is 6.84. The van der Waals surface area contributed by atoms with Crippen LogP contribution in [0.1, 0.15) is 12.5 Å². The number of hydrogen-bond donors (Lipinski definition) is 0. The van der Waals surface area contributed by atoms with Crippen LogP contribution >= 0.6 is 22.6 Å². The Morgan fingerprint density at radius 2 is 1.82 bits per heavy atom. The normalized spacial score (nSPS) is 10.8. The minimum Gasteiger partial charge on any atom is -0.461 e. The zero-order chi connectivity index (χ0) is 15.7. The van der Waals surface area contributed by atoms with Crippen molar-refractivity contribution in [2.24, 2.45) is 0 Å². The van der Waals surface area contributed by atoms with Crippen LogP contribution in [0.5, 0.6) is 0 Å². The van der Waals surface area contributed by atoms with Gasteiger partial charge in [0.05, 0.1) is 0 Å². The van der Waals surface area contributed by atoms with Crippen LogP contribution in [-0.4, -0.2) is 5.97 Å². The van der Waals surface area contributed by atoms with Crippen molar-refractivity contribution in [3.05, 3.63) is 67.9 Å². The van der Waals surface area contributed by atoms with E-state index < -0.39 is 0 Å². The smallest absolute Gasteiger partial charge is 0.302 e. The SMILES string of the molecule is CC(=O)OCc1cccc2c(=O)c3c(I)cccc3ccc12. The van der Waals surface area contributed by atoms with Gasteiger partial charge in [0.1, 0.15) is 6.61 Å². The molecule has 0 heterocycles. The van der Waals surface area contributed by atoms with Crippen molar-refractivity contribution in [1.82, 2.24) is 0 Å². The average Bonchev–Trinajstić information content (AvgIpc) is 2.64. The quantitative estimate of drug-likeness (QED) is 0.479. The summed E-state index contributed by atoms with van der Waals surface area (Å²) in [6.45, 7) is 1.55. The highest BCUT2D eigenvalue weighted by Crippen LogP contribution is 2.22. The molecule has 3 rings (SSSR count). The van der Waals surface area contributed by atoms with Gasteiger partial charge in [-0.2, -0.15) is 0 Å². The fourth-order valence-electron chi connectivity index (χ4n) is 2.54. The predicted octanol–water partition coefficient (Wildman–Crippen LogP) is 4.02. The highest BCUT2D eigenvalue weighted by atomic mass is 127. The summed E-state index contributed by atoms with van der Waals surface area (Å²) in [6, 6.07) is 15.2. The van der Waals surface area contributed by atoms with E-state index in [4.69, 9.17) is 4.74 Å². The van der Waals surface area contributed by atoms with Gasteiger partial charge in [0.25, 0.3) is 0 Å². The molecule has 0 aliphatic carbocycles. The van der Waals surface area contributed by atoms with E-state index in [-0.39, 0.29) is 18.0 Å². The Bertz CT molecular complexity index is 948. The zero-order valence-electron chi connectivity index (χ0n) is 11.9. The lowest BCUT2D eigenvalue weighted by Crippen LogP contribution is -2.03. The molecular weight excluding hydrogens is 391 g/mol. The van der Waals surface area contributed by atoms with Crippen LogP contribution in [-0.2, 0) is 16.1 Å². The summed E-state index contributed by atoms with van der Waals surface area (Å²) in [7, 11) is 0. The molecule has 0 fully saturated rings. The molecule has 0 amide bonds. The van der Waals surface area contributed by atoms with Crippen LogP contribution in [0.15, 0.2) is 53.3 Å². The minimum atomic E-state index is -0.334. The van der Waals surface area contributed by atoms with Crippen molar-refractivity contribution in [2.75, 3.05) is 0 Å². The molecule has 3 aromatic rings. The summed E-state index contributed by atoms with van der Waals surface area (Å²) < 4.78 is 6.02. The Morgan fingerprint density at radius 3 is 2.59 bits per heavy atom. The van der Waals surface area contributed by atoms with Crippen LogP contribution < -0.4 is 5.43 Å². The number of hydrogen-bond acceptors (Lipinski definition) is 3. The summed E-state index contributed by atoms with van der Waals surface area (Å²) in [5.41, 5.74) is 0.838. The largest absolute Gasteiger partial charge is 0.461 e. The van der Waals surface area contributed by atoms with Gasteiger partial charge in [-0.05, 0) is 45.0 Å². The van der Waals surface area contributed by atoms with Crippen molar-refractivity contribution in [2.45, 2.75) is 13.5 Å². The lowest BCUT2D eigenvalue weighted by Gasteiger charge is -2.04. The molecule has 0 N–H and O–H groups in total. The van der Waals surface area contributed by atoms with E-state index in [1.165, 1.54) is 6.92 Å². The molecule has 0 spiro atoms. The molecule has 22 heavy (non-hydrogen) atoms. The van der Waals surface area contributed by atoms with Gasteiger partial charge in [0.2, 0.25) is 0 Å². The Morgan fingerprint density at radius 1 is 1.05 bits per heavy atom. The maximum absolute atomic E-state index is 12.9. The van der Waals surface area contributed by atoms with Crippen molar-refractivity contribution in [3.8, 4) is 0 Å². The number of ether oxygens (including phenoxy) is 1. The zero-order valence-corrected chi connectivity index (χ0v) is 14.1. The monoisotopic (exact) mass is 404 g/mol. The van der Waals surface area contributed by atoms with Crippen LogP contribution in [0.4, 0.5) is 0 Å². The maximum atomic E-state index is 12.9. The Hall–Kier alpha value is -1.95. The Labute approximate surface area is 141 Å². The van der Waals surface area contributed by atoms with E-state index in [2.05, 4.69) is 22.6 Å². The molecule has 0 radical (unpaired) electrons. The molecule has 0 saturated carbocycles. The number of halogens is 1. The number of benzene rings is 2. The van der Waals surface area contributed by atoms with Gasteiger partial charge >= 0.3 is 5.97 Å².